The molecular weight excluding hydrogens is 330 g/mol. The van der Waals surface area contributed by atoms with Crippen molar-refractivity contribution in [3.8, 4) is 0 Å². The van der Waals surface area contributed by atoms with Crippen LogP contribution in [0.15, 0.2) is 48.8 Å². The second-order valence-corrected chi connectivity index (χ2v) is 5.20. The Morgan fingerprint density at radius 1 is 1.00 bits per heavy atom. The van der Waals surface area contributed by atoms with E-state index in [1.54, 1.807) is 48.8 Å². The first-order valence-electron chi connectivity index (χ1n) is 7.32. The van der Waals surface area contributed by atoms with Crippen LogP contribution >= 0.6 is 12.4 Å². The molecule has 0 bridgehead atoms. The Labute approximate surface area is 145 Å². The highest BCUT2D eigenvalue weighted by molar-refractivity contribution is 6.21. The van der Waals surface area contributed by atoms with Gasteiger partial charge in [0.05, 0.1) is 11.1 Å². The first-order chi connectivity index (χ1) is 11.2. The lowest BCUT2D eigenvalue weighted by atomic mass is 10.1. The van der Waals surface area contributed by atoms with Gasteiger partial charge in [-0.1, -0.05) is 12.1 Å². The molecule has 3 rings (SSSR count). The molecule has 0 saturated heterocycles. The molecule has 1 aliphatic heterocycles. The average Bonchev–Trinajstić information content (AvgIpc) is 2.81. The summed E-state index contributed by atoms with van der Waals surface area (Å²) in [6.45, 7) is 0.232. The molecule has 0 fully saturated rings. The Balaban J connectivity index is 0.00000208. The van der Waals surface area contributed by atoms with Crippen molar-refractivity contribution in [3.05, 3.63) is 59.9 Å². The zero-order valence-electron chi connectivity index (χ0n) is 12.8. The maximum atomic E-state index is 12.2. The van der Waals surface area contributed by atoms with E-state index in [2.05, 4.69) is 10.3 Å². The van der Waals surface area contributed by atoms with Crippen LogP contribution in [-0.2, 0) is 4.79 Å². The molecule has 0 aliphatic carbocycles. The van der Waals surface area contributed by atoms with E-state index in [4.69, 9.17) is 0 Å². The number of amides is 3. The van der Waals surface area contributed by atoms with E-state index >= 15 is 0 Å². The van der Waals surface area contributed by atoms with Gasteiger partial charge in [0.2, 0.25) is 5.91 Å². The molecule has 0 radical (unpaired) electrons. The lowest BCUT2D eigenvalue weighted by Gasteiger charge is -2.13. The van der Waals surface area contributed by atoms with E-state index in [1.165, 1.54) is 4.90 Å². The molecule has 1 aliphatic rings. The summed E-state index contributed by atoms with van der Waals surface area (Å²) in [6, 6.07) is 10.1. The molecule has 3 amide bonds. The van der Waals surface area contributed by atoms with E-state index in [-0.39, 0.29) is 43.1 Å². The number of carbonyl (C=O) groups is 3. The Bertz CT molecular complexity index is 730. The molecule has 1 aromatic heterocycles. The first kappa shape index (κ1) is 17.6. The van der Waals surface area contributed by atoms with Crippen LogP contribution in [0.1, 0.15) is 33.6 Å². The van der Waals surface area contributed by atoms with Crippen molar-refractivity contribution < 1.29 is 14.4 Å². The zero-order valence-corrected chi connectivity index (χ0v) is 13.6. The summed E-state index contributed by atoms with van der Waals surface area (Å²) < 4.78 is 0. The number of rotatable bonds is 5. The van der Waals surface area contributed by atoms with Gasteiger partial charge < -0.3 is 5.32 Å². The zero-order chi connectivity index (χ0) is 16.2. The standard InChI is InChI=1S/C17H15N3O3.ClH/c21-15(19-12-7-9-18-10-8-12)6-3-11-20-16(22)13-4-1-2-5-14(13)17(20)23;/h1-2,4-5,7-10H,3,6,11H2,(H,18,19,21);1H. The number of fused-ring (bicyclic) bond motifs is 1. The monoisotopic (exact) mass is 345 g/mol. The summed E-state index contributed by atoms with van der Waals surface area (Å²) in [6.07, 6.45) is 3.83. The molecule has 1 aromatic carbocycles. The Kier molecular flexibility index (Phi) is 5.65. The number of anilines is 1. The number of halogens is 1. The molecule has 6 nitrogen and oxygen atoms in total. The number of carbonyl (C=O) groups excluding carboxylic acids is 3. The minimum Gasteiger partial charge on any atom is -0.326 e. The van der Waals surface area contributed by atoms with E-state index in [0.717, 1.165) is 0 Å². The van der Waals surface area contributed by atoms with Crippen LogP contribution < -0.4 is 5.32 Å². The normalized spacial score (nSPS) is 12.6. The van der Waals surface area contributed by atoms with Crippen LogP contribution in [0.2, 0.25) is 0 Å². The molecule has 24 heavy (non-hydrogen) atoms. The van der Waals surface area contributed by atoms with Gasteiger partial charge >= 0.3 is 0 Å². The van der Waals surface area contributed by atoms with Gasteiger partial charge in [0.25, 0.3) is 11.8 Å². The summed E-state index contributed by atoms with van der Waals surface area (Å²) >= 11 is 0. The third-order valence-electron chi connectivity index (χ3n) is 3.63. The molecule has 0 atom stereocenters. The van der Waals surface area contributed by atoms with Gasteiger partial charge in [-0.2, -0.15) is 0 Å². The number of nitrogens with one attached hydrogen (secondary N) is 1. The van der Waals surface area contributed by atoms with Crippen LogP contribution in [0, 0.1) is 0 Å². The fraction of sp³-hybridized carbons (Fsp3) is 0.176. The number of hydrogen-bond acceptors (Lipinski definition) is 4. The molecule has 0 unspecified atom stereocenters. The van der Waals surface area contributed by atoms with Crippen LogP contribution in [0.25, 0.3) is 0 Å². The molecule has 0 spiro atoms. The summed E-state index contributed by atoms with van der Waals surface area (Å²) in [5.41, 5.74) is 1.53. The second kappa shape index (κ2) is 7.70. The summed E-state index contributed by atoms with van der Waals surface area (Å²) in [7, 11) is 0. The molecule has 2 aromatic rings. The summed E-state index contributed by atoms with van der Waals surface area (Å²) in [4.78, 5) is 41.3. The minimum absolute atomic E-state index is 0. The number of benzene rings is 1. The summed E-state index contributed by atoms with van der Waals surface area (Å²) in [5, 5.41) is 2.74. The Morgan fingerprint density at radius 3 is 2.17 bits per heavy atom. The Hall–Kier alpha value is -2.73. The number of imide groups is 1. The molecule has 2 heterocycles. The van der Waals surface area contributed by atoms with Gasteiger partial charge in [-0.05, 0) is 30.7 Å². The molecule has 7 heteroatoms. The van der Waals surface area contributed by atoms with Crippen molar-refractivity contribution in [2.24, 2.45) is 0 Å². The van der Waals surface area contributed by atoms with E-state index in [1.807, 2.05) is 0 Å². The van der Waals surface area contributed by atoms with Crippen molar-refractivity contribution >= 4 is 35.8 Å². The van der Waals surface area contributed by atoms with Crippen molar-refractivity contribution in [2.75, 3.05) is 11.9 Å². The summed E-state index contributed by atoms with van der Waals surface area (Å²) in [5.74, 6) is -0.743. The SMILES string of the molecule is Cl.O=C(CCCN1C(=O)c2ccccc2C1=O)Nc1ccncc1. The largest absolute Gasteiger partial charge is 0.326 e. The predicted molar refractivity (Wildman–Crippen MR) is 91.2 cm³/mol. The van der Waals surface area contributed by atoms with Gasteiger partial charge in [-0.15, -0.1) is 12.4 Å². The van der Waals surface area contributed by atoms with Crippen LogP contribution in [-0.4, -0.2) is 34.2 Å². The average molecular weight is 346 g/mol. The minimum atomic E-state index is -0.292. The lowest BCUT2D eigenvalue weighted by Crippen LogP contribution is -2.31. The van der Waals surface area contributed by atoms with Gasteiger partial charge in [-0.25, -0.2) is 0 Å². The number of pyridine rings is 1. The number of nitrogens with zero attached hydrogens (tertiary/aromatic N) is 2. The highest BCUT2D eigenvalue weighted by Gasteiger charge is 2.34. The topological polar surface area (TPSA) is 79.4 Å². The van der Waals surface area contributed by atoms with Crippen molar-refractivity contribution in [2.45, 2.75) is 12.8 Å². The lowest BCUT2D eigenvalue weighted by molar-refractivity contribution is -0.116. The van der Waals surface area contributed by atoms with E-state index in [0.29, 0.717) is 23.2 Å². The predicted octanol–water partition coefficient (Wildman–Crippen LogP) is 2.52. The molecular formula is C17H16ClN3O3. The smallest absolute Gasteiger partial charge is 0.261 e. The molecule has 0 saturated carbocycles. The quantitative estimate of drug-likeness (QED) is 0.844. The van der Waals surface area contributed by atoms with Crippen molar-refractivity contribution in [3.63, 3.8) is 0 Å². The van der Waals surface area contributed by atoms with Gasteiger partial charge in [0.15, 0.2) is 0 Å². The maximum absolute atomic E-state index is 12.2. The fourth-order valence-corrected chi connectivity index (χ4v) is 2.50. The molecule has 1 N–H and O–H groups in total. The fourth-order valence-electron chi connectivity index (χ4n) is 2.50. The van der Waals surface area contributed by atoms with Crippen molar-refractivity contribution in [1.82, 2.24) is 9.88 Å². The number of aromatic nitrogens is 1. The van der Waals surface area contributed by atoms with Gasteiger partial charge in [0, 0.05) is 31.0 Å². The highest BCUT2D eigenvalue weighted by Crippen LogP contribution is 2.22. The van der Waals surface area contributed by atoms with Crippen molar-refractivity contribution in [1.29, 1.82) is 0 Å². The molecule has 124 valence electrons. The van der Waals surface area contributed by atoms with Gasteiger partial charge in [0.1, 0.15) is 0 Å². The maximum Gasteiger partial charge on any atom is 0.261 e. The van der Waals surface area contributed by atoms with E-state index < -0.39 is 0 Å². The van der Waals surface area contributed by atoms with Crippen LogP contribution in [0.3, 0.4) is 0 Å². The van der Waals surface area contributed by atoms with Crippen LogP contribution in [0.5, 0.6) is 0 Å². The second-order valence-electron chi connectivity index (χ2n) is 5.20. The van der Waals surface area contributed by atoms with Crippen LogP contribution in [0.4, 0.5) is 5.69 Å². The van der Waals surface area contributed by atoms with Gasteiger partial charge in [-0.3, -0.25) is 24.3 Å². The number of hydrogen-bond donors (Lipinski definition) is 1. The van der Waals surface area contributed by atoms with E-state index in [9.17, 15) is 14.4 Å². The highest BCUT2D eigenvalue weighted by atomic mass is 35.5. The third kappa shape index (κ3) is 3.60. The first-order valence-corrected chi connectivity index (χ1v) is 7.32. The third-order valence-corrected chi connectivity index (χ3v) is 3.63. The Morgan fingerprint density at radius 2 is 1.58 bits per heavy atom.